The molecule has 1 aliphatic carbocycles. The van der Waals surface area contributed by atoms with Gasteiger partial charge in [0.25, 0.3) is 0 Å². The monoisotopic (exact) mass is 279 g/mol. The van der Waals surface area contributed by atoms with Gasteiger partial charge >= 0.3 is 0 Å². The molecule has 1 aliphatic rings. The molecule has 1 saturated carbocycles. The second kappa shape index (κ2) is 6.20. The van der Waals surface area contributed by atoms with E-state index in [4.69, 9.17) is 11.6 Å². The first-order valence-electron chi connectivity index (χ1n) is 6.58. The number of nitrogens with zero attached hydrogens (tertiary/aromatic N) is 1. The van der Waals surface area contributed by atoms with Gasteiger partial charge in [0.2, 0.25) is 5.91 Å². The number of Topliss-reactive ketones (excluding diaryl/α,β-unsaturated/α-hetero) is 1. The molecule has 0 N–H and O–H groups in total. The number of halogens is 1. The van der Waals surface area contributed by atoms with Crippen LogP contribution < -0.4 is 0 Å². The van der Waals surface area contributed by atoms with Gasteiger partial charge in [-0.25, -0.2) is 0 Å². The fraction of sp³-hybridized carbons (Fsp3) is 0.467. The molecule has 102 valence electrons. The maximum absolute atomic E-state index is 12.2. The van der Waals surface area contributed by atoms with Gasteiger partial charge in [0.1, 0.15) is 5.78 Å². The van der Waals surface area contributed by atoms with Gasteiger partial charge in [-0.2, -0.15) is 0 Å². The lowest BCUT2D eigenvalue weighted by molar-refractivity contribution is -0.133. The molecule has 19 heavy (non-hydrogen) atoms. The number of likely N-dealkylation sites (N-methyl/N-ethyl adjacent to an activating group) is 1. The van der Waals surface area contributed by atoms with E-state index in [1.54, 1.807) is 17.0 Å². The Balaban J connectivity index is 1.92. The third kappa shape index (κ3) is 3.80. The molecular weight excluding hydrogens is 262 g/mol. The van der Waals surface area contributed by atoms with Crippen LogP contribution in [0.25, 0.3) is 0 Å². The van der Waals surface area contributed by atoms with E-state index >= 15 is 0 Å². The SMILES string of the molecule is CN(C(=O)Cc1ccc(Cl)cc1)C1CCC(=O)CC1. The zero-order valence-electron chi connectivity index (χ0n) is 11.1. The third-order valence-corrected chi connectivity index (χ3v) is 3.97. The third-order valence-electron chi connectivity index (χ3n) is 3.72. The Bertz CT molecular complexity index is 460. The van der Waals surface area contributed by atoms with E-state index in [-0.39, 0.29) is 11.9 Å². The average molecular weight is 280 g/mol. The number of rotatable bonds is 3. The molecule has 0 atom stereocenters. The summed E-state index contributed by atoms with van der Waals surface area (Å²) in [5, 5.41) is 0.676. The van der Waals surface area contributed by atoms with Crippen molar-refractivity contribution in [1.82, 2.24) is 4.90 Å². The maximum atomic E-state index is 12.2. The molecule has 1 aromatic rings. The molecule has 0 radical (unpaired) electrons. The van der Waals surface area contributed by atoms with Gasteiger partial charge < -0.3 is 4.90 Å². The zero-order valence-corrected chi connectivity index (χ0v) is 11.8. The number of benzene rings is 1. The van der Waals surface area contributed by atoms with Crippen LogP contribution in [-0.2, 0) is 16.0 Å². The molecule has 1 amide bonds. The second-order valence-electron chi connectivity index (χ2n) is 5.08. The summed E-state index contributed by atoms with van der Waals surface area (Å²) in [5.74, 6) is 0.413. The summed E-state index contributed by atoms with van der Waals surface area (Å²) in [6.07, 6.45) is 3.17. The largest absolute Gasteiger partial charge is 0.342 e. The topological polar surface area (TPSA) is 37.4 Å². The van der Waals surface area contributed by atoms with Gasteiger partial charge in [-0.05, 0) is 30.5 Å². The molecule has 0 bridgehead atoms. The van der Waals surface area contributed by atoms with Gasteiger partial charge in [0.05, 0.1) is 6.42 Å². The lowest BCUT2D eigenvalue weighted by Crippen LogP contribution is -2.40. The number of amides is 1. The smallest absolute Gasteiger partial charge is 0.226 e. The number of hydrogen-bond donors (Lipinski definition) is 0. The molecular formula is C15H18ClNO2. The summed E-state index contributed by atoms with van der Waals surface area (Å²) in [7, 11) is 1.83. The Labute approximate surface area is 118 Å². The van der Waals surface area contributed by atoms with Crippen LogP contribution in [-0.4, -0.2) is 29.7 Å². The summed E-state index contributed by atoms with van der Waals surface area (Å²) in [4.78, 5) is 25.2. The van der Waals surface area contributed by atoms with Gasteiger partial charge in [-0.1, -0.05) is 23.7 Å². The quantitative estimate of drug-likeness (QED) is 0.853. The average Bonchev–Trinajstić information content (AvgIpc) is 2.41. The normalized spacial score (nSPS) is 16.4. The Morgan fingerprint density at radius 1 is 1.26 bits per heavy atom. The Morgan fingerprint density at radius 3 is 2.42 bits per heavy atom. The number of hydrogen-bond acceptors (Lipinski definition) is 2. The van der Waals surface area contributed by atoms with Crippen molar-refractivity contribution in [3.8, 4) is 0 Å². The van der Waals surface area contributed by atoms with Crippen LogP contribution in [0.15, 0.2) is 24.3 Å². The van der Waals surface area contributed by atoms with Crippen LogP contribution >= 0.6 is 11.6 Å². The van der Waals surface area contributed by atoms with Crippen LogP contribution in [0.5, 0.6) is 0 Å². The molecule has 1 aromatic carbocycles. The summed E-state index contributed by atoms with van der Waals surface area (Å²) in [5.41, 5.74) is 0.966. The highest BCUT2D eigenvalue weighted by Crippen LogP contribution is 2.20. The first kappa shape index (κ1) is 14.1. The lowest BCUT2D eigenvalue weighted by Gasteiger charge is -2.30. The van der Waals surface area contributed by atoms with Crippen molar-refractivity contribution < 1.29 is 9.59 Å². The van der Waals surface area contributed by atoms with Crippen molar-refractivity contribution in [1.29, 1.82) is 0 Å². The first-order chi connectivity index (χ1) is 9.06. The van der Waals surface area contributed by atoms with Gasteiger partial charge in [-0.15, -0.1) is 0 Å². The van der Waals surface area contributed by atoms with Crippen molar-refractivity contribution in [3.63, 3.8) is 0 Å². The first-order valence-corrected chi connectivity index (χ1v) is 6.96. The lowest BCUT2D eigenvalue weighted by atomic mass is 9.93. The van der Waals surface area contributed by atoms with E-state index < -0.39 is 0 Å². The predicted molar refractivity (Wildman–Crippen MR) is 75.2 cm³/mol. The maximum Gasteiger partial charge on any atom is 0.226 e. The van der Waals surface area contributed by atoms with Crippen molar-refractivity contribution >= 4 is 23.3 Å². The van der Waals surface area contributed by atoms with Crippen LogP contribution in [0.1, 0.15) is 31.2 Å². The van der Waals surface area contributed by atoms with Crippen molar-refractivity contribution in [2.75, 3.05) is 7.05 Å². The van der Waals surface area contributed by atoms with E-state index in [0.29, 0.717) is 30.1 Å². The van der Waals surface area contributed by atoms with Crippen molar-refractivity contribution in [2.24, 2.45) is 0 Å². The summed E-state index contributed by atoms with van der Waals surface area (Å²) >= 11 is 5.82. The highest BCUT2D eigenvalue weighted by molar-refractivity contribution is 6.30. The molecule has 0 unspecified atom stereocenters. The van der Waals surface area contributed by atoms with Gasteiger partial charge in [0, 0.05) is 31.0 Å². The Hall–Kier alpha value is -1.35. The fourth-order valence-corrected chi connectivity index (χ4v) is 2.54. The molecule has 0 heterocycles. The van der Waals surface area contributed by atoms with Gasteiger partial charge in [0.15, 0.2) is 0 Å². The number of carbonyl (C=O) groups is 2. The van der Waals surface area contributed by atoms with Crippen LogP contribution in [0.4, 0.5) is 0 Å². The minimum atomic E-state index is 0.0988. The van der Waals surface area contributed by atoms with E-state index in [1.807, 2.05) is 19.2 Å². The Kier molecular flexibility index (Phi) is 4.59. The highest BCUT2D eigenvalue weighted by atomic mass is 35.5. The molecule has 4 heteroatoms. The summed E-state index contributed by atoms with van der Waals surface area (Å²) in [6.45, 7) is 0. The fourth-order valence-electron chi connectivity index (χ4n) is 2.42. The molecule has 0 spiro atoms. The molecule has 3 nitrogen and oxygen atoms in total. The summed E-state index contributed by atoms with van der Waals surface area (Å²) in [6, 6.07) is 7.54. The van der Waals surface area contributed by atoms with E-state index in [9.17, 15) is 9.59 Å². The summed E-state index contributed by atoms with van der Waals surface area (Å²) < 4.78 is 0. The van der Waals surface area contributed by atoms with E-state index in [0.717, 1.165) is 18.4 Å². The van der Waals surface area contributed by atoms with Crippen molar-refractivity contribution in [2.45, 2.75) is 38.1 Å². The second-order valence-corrected chi connectivity index (χ2v) is 5.51. The highest BCUT2D eigenvalue weighted by Gasteiger charge is 2.25. The Morgan fingerprint density at radius 2 is 1.84 bits per heavy atom. The van der Waals surface area contributed by atoms with E-state index in [1.165, 1.54) is 0 Å². The molecule has 0 aliphatic heterocycles. The van der Waals surface area contributed by atoms with E-state index in [2.05, 4.69) is 0 Å². The van der Waals surface area contributed by atoms with Crippen LogP contribution in [0.2, 0.25) is 5.02 Å². The zero-order chi connectivity index (χ0) is 13.8. The minimum Gasteiger partial charge on any atom is -0.342 e. The molecule has 0 saturated heterocycles. The minimum absolute atomic E-state index is 0.0988. The number of carbonyl (C=O) groups excluding carboxylic acids is 2. The predicted octanol–water partition coefficient (Wildman–Crippen LogP) is 2.85. The van der Waals surface area contributed by atoms with Crippen LogP contribution in [0.3, 0.4) is 0 Å². The number of ketones is 1. The standard InChI is InChI=1S/C15H18ClNO2/c1-17(13-6-8-14(18)9-7-13)15(19)10-11-2-4-12(16)5-3-11/h2-5,13H,6-10H2,1H3. The molecule has 0 aromatic heterocycles. The van der Waals surface area contributed by atoms with Crippen LogP contribution in [0, 0.1) is 0 Å². The van der Waals surface area contributed by atoms with Crippen molar-refractivity contribution in [3.05, 3.63) is 34.9 Å². The molecule has 2 rings (SSSR count). The molecule has 1 fully saturated rings. The van der Waals surface area contributed by atoms with Gasteiger partial charge in [-0.3, -0.25) is 9.59 Å².